The summed E-state index contributed by atoms with van der Waals surface area (Å²) in [6.07, 6.45) is 5.05. The number of anilines is 1. The van der Waals surface area contributed by atoms with Crippen molar-refractivity contribution in [2.24, 2.45) is 0 Å². The molecule has 2 aliphatic rings. The van der Waals surface area contributed by atoms with E-state index < -0.39 is 0 Å². The van der Waals surface area contributed by atoms with E-state index in [0.717, 1.165) is 37.4 Å². The molecule has 0 spiro atoms. The van der Waals surface area contributed by atoms with E-state index in [9.17, 15) is 4.79 Å². The van der Waals surface area contributed by atoms with Gasteiger partial charge in [-0.1, -0.05) is 6.07 Å². The Morgan fingerprint density at radius 3 is 2.79 bits per heavy atom. The summed E-state index contributed by atoms with van der Waals surface area (Å²) in [4.78, 5) is 14.4. The van der Waals surface area contributed by atoms with Crippen LogP contribution in [0.25, 0.3) is 0 Å². The van der Waals surface area contributed by atoms with E-state index >= 15 is 0 Å². The fourth-order valence-corrected chi connectivity index (χ4v) is 3.52. The Morgan fingerprint density at radius 2 is 2.04 bits per heavy atom. The van der Waals surface area contributed by atoms with E-state index in [1.807, 2.05) is 31.3 Å². The molecule has 0 bridgehead atoms. The van der Waals surface area contributed by atoms with Crippen molar-refractivity contribution in [3.05, 3.63) is 24.3 Å². The number of amides is 2. The summed E-state index contributed by atoms with van der Waals surface area (Å²) in [5, 5.41) is 5.88. The fourth-order valence-electron chi connectivity index (χ4n) is 3.52. The Balaban J connectivity index is 1.54. The second kappa shape index (κ2) is 7.85. The quantitative estimate of drug-likeness (QED) is 0.869. The molecule has 132 valence electrons. The molecule has 6 heteroatoms. The number of hydrogen-bond donors (Lipinski definition) is 2. The van der Waals surface area contributed by atoms with Crippen LogP contribution in [0.2, 0.25) is 0 Å². The van der Waals surface area contributed by atoms with E-state index in [4.69, 9.17) is 9.47 Å². The lowest BCUT2D eigenvalue weighted by molar-refractivity contribution is 0.0940. The van der Waals surface area contributed by atoms with Crippen molar-refractivity contribution in [2.75, 3.05) is 32.6 Å². The third-order valence-electron chi connectivity index (χ3n) is 4.76. The molecule has 0 aromatic heterocycles. The van der Waals surface area contributed by atoms with Gasteiger partial charge in [0.2, 0.25) is 0 Å². The Labute approximate surface area is 143 Å². The Bertz CT molecular complexity index is 560. The standard InChI is InChI=1S/C18H27N3O3/c1-21-11-16(17(12-21)23-2)20-18(22)19-13-6-5-9-15(10-13)24-14-7-3-4-8-14/h5-6,9-10,14,16-17H,3-4,7-8,11-12H2,1-2H3,(H2,19,20,22)/t16-,17-/m0/s1. The van der Waals surface area contributed by atoms with Gasteiger partial charge in [0.15, 0.2) is 0 Å². The topological polar surface area (TPSA) is 62.8 Å². The number of carbonyl (C=O) groups is 1. The maximum absolute atomic E-state index is 12.3. The minimum atomic E-state index is -0.213. The van der Waals surface area contributed by atoms with Gasteiger partial charge in [0.1, 0.15) is 5.75 Å². The first-order valence-electron chi connectivity index (χ1n) is 8.69. The van der Waals surface area contributed by atoms with Gasteiger partial charge in [-0.05, 0) is 44.9 Å². The number of hydrogen-bond acceptors (Lipinski definition) is 4. The first kappa shape index (κ1) is 17.0. The lowest BCUT2D eigenvalue weighted by Crippen LogP contribution is -2.45. The van der Waals surface area contributed by atoms with Gasteiger partial charge >= 0.3 is 6.03 Å². The van der Waals surface area contributed by atoms with Gasteiger partial charge in [-0.3, -0.25) is 0 Å². The second-order valence-corrected chi connectivity index (χ2v) is 6.75. The van der Waals surface area contributed by atoms with Crippen molar-refractivity contribution >= 4 is 11.7 Å². The SMILES string of the molecule is CO[C@H]1CN(C)C[C@@H]1NC(=O)Nc1cccc(OC2CCCC2)c1. The highest BCUT2D eigenvalue weighted by atomic mass is 16.5. The van der Waals surface area contributed by atoms with E-state index in [1.165, 1.54) is 12.8 Å². The number of likely N-dealkylation sites (tertiary alicyclic amines) is 1. The van der Waals surface area contributed by atoms with Crippen molar-refractivity contribution in [1.82, 2.24) is 10.2 Å². The van der Waals surface area contributed by atoms with Gasteiger partial charge in [-0.2, -0.15) is 0 Å². The van der Waals surface area contributed by atoms with Crippen LogP contribution in [0, 0.1) is 0 Å². The smallest absolute Gasteiger partial charge is 0.319 e. The molecule has 0 unspecified atom stereocenters. The van der Waals surface area contributed by atoms with Crippen molar-refractivity contribution in [3.63, 3.8) is 0 Å². The highest BCUT2D eigenvalue weighted by Gasteiger charge is 2.31. The van der Waals surface area contributed by atoms with Gasteiger partial charge in [0.05, 0.1) is 18.2 Å². The van der Waals surface area contributed by atoms with E-state index in [2.05, 4.69) is 15.5 Å². The van der Waals surface area contributed by atoms with Crippen LogP contribution in [0.15, 0.2) is 24.3 Å². The van der Waals surface area contributed by atoms with Crippen molar-refractivity contribution in [2.45, 2.75) is 43.9 Å². The van der Waals surface area contributed by atoms with E-state index in [1.54, 1.807) is 7.11 Å². The van der Waals surface area contributed by atoms with Crippen molar-refractivity contribution in [1.29, 1.82) is 0 Å². The predicted molar refractivity (Wildman–Crippen MR) is 93.6 cm³/mol. The molecule has 2 amide bonds. The Morgan fingerprint density at radius 1 is 1.25 bits per heavy atom. The number of nitrogens with zero attached hydrogens (tertiary/aromatic N) is 1. The first-order valence-corrected chi connectivity index (χ1v) is 8.69. The number of ether oxygens (including phenoxy) is 2. The number of carbonyl (C=O) groups excluding carboxylic acids is 1. The Kier molecular flexibility index (Phi) is 5.58. The third kappa shape index (κ3) is 4.39. The van der Waals surface area contributed by atoms with Gasteiger partial charge < -0.3 is 25.0 Å². The molecule has 24 heavy (non-hydrogen) atoms. The predicted octanol–water partition coefficient (Wildman–Crippen LogP) is 2.46. The van der Waals surface area contributed by atoms with Crippen molar-refractivity contribution < 1.29 is 14.3 Å². The van der Waals surface area contributed by atoms with Crippen LogP contribution in [0.1, 0.15) is 25.7 Å². The minimum absolute atomic E-state index is 0.00192. The zero-order valence-corrected chi connectivity index (χ0v) is 14.5. The normalized spacial score (nSPS) is 24.9. The molecule has 1 saturated carbocycles. The van der Waals surface area contributed by atoms with Crippen LogP contribution in [0.5, 0.6) is 5.75 Å². The zero-order chi connectivity index (χ0) is 16.9. The van der Waals surface area contributed by atoms with Gasteiger partial charge in [0, 0.05) is 32.0 Å². The second-order valence-electron chi connectivity index (χ2n) is 6.75. The average molecular weight is 333 g/mol. The van der Waals surface area contributed by atoms with Gasteiger partial charge in [-0.25, -0.2) is 4.79 Å². The molecular formula is C18H27N3O3. The molecule has 2 atom stereocenters. The monoisotopic (exact) mass is 333 g/mol. The molecule has 1 aromatic rings. The first-order chi connectivity index (χ1) is 11.6. The fraction of sp³-hybridized carbons (Fsp3) is 0.611. The largest absolute Gasteiger partial charge is 0.490 e. The van der Waals surface area contributed by atoms with E-state index in [-0.39, 0.29) is 18.2 Å². The van der Waals surface area contributed by atoms with Crippen LogP contribution in [0.3, 0.4) is 0 Å². The lowest BCUT2D eigenvalue weighted by atomic mass is 10.2. The van der Waals surface area contributed by atoms with Crippen LogP contribution in [0.4, 0.5) is 10.5 Å². The summed E-state index contributed by atoms with van der Waals surface area (Å²) >= 11 is 0. The highest BCUT2D eigenvalue weighted by Crippen LogP contribution is 2.25. The molecule has 0 radical (unpaired) electrons. The molecular weight excluding hydrogens is 306 g/mol. The van der Waals surface area contributed by atoms with Crippen molar-refractivity contribution in [3.8, 4) is 5.75 Å². The summed E-state index contributed by atoms with van der Waals surface area (Å²) in [6, 6.07) is 7.38. The number of methoxy groups -OCH3 is 1. The summed E-state index contributed by atoms with van der Waals surface area (Å²) < 4.78 is 11.4. The molecule has 1 saturated heterocycles. The highest BCUT2D eigenvalue weighted by molar-refractivity contribution is 5.89. The maximum atomic E-state index is 12.3. The summed E-state index contributed by atoms with van der Waals surface area (Å²) in [6.45, 7) is 1.61. The van der Waals surface area contributed by atoms with Gasteiger partial charge in [-0.15, -0.1) is 0 Å². The molecule has 1 aliphatic heterocycles. The third-order valence-corrected chi connectivity index (χ3v) is 4.76. The lowest BCUT2D eigenvalue weighted by Gasteiger charge is -2.19. The van der Waals surface area contributed by atoms with Gasteiger partial charge in [0.25, 0.3) is 0 Å². The number of likely N-dealkylation sites (N-methyl/N-ethyl adjacent to an activating group) is 1. The van der Waals surface area contributed by atoms with Crippen LogP contribution in [-0.4, -0.2) is 56.4 Å². The Hall–Kier alpha value is -1.79. The molecule has 2 N–H and O–H groups in total. The maximum Gasteiger partial charge on any atom is 0.319 e. The van der Waals surface area contributed by atoms with E-state index in [0.29, 0.717) is 6.10 Å². The van der Waals surface area contributed by atoms with Crippen LogP contribution < -0.4 is 15.4 Å². The molecule has 1 aliphatic carbocycles. The molecule has 2 fully saturated rings. The van der Waals surface area contributed by atoms with Crippen LogP contribution >= 0.6 is 0 Å². The zero-order valence-electron chi connectivity index (χ0n) is 14.5. The number of urea groups is 1. The molecule has 6 nitrogen and oxygen atoms in total. The number of nitrogens with one attached hydrogen (secondary N) is 2. The molecule has 3 rings (SSSR count). The molecule has 1 heterocycles. The minimum Gasteiger partial charge on any atom is -0.490 e. The summed E-state index contributed by atoms with van der Waals surface area (Å²) in [5.74, 6) is 0.815. The number of benzene rings is 1. The summed E-state index contributed by atoms with van der Waals surface area (Å²) in [5.41, 5.74) is 0.739. The van der Waals surface area contributed by atoms with Crippen LogP contribution in [-0.2, 0) is 4.74 Å². The molecule has 1 aromatic carbocycles. The average Bonchev–Trinajstić information content (AvgIpc) is 3.17. The number of rotatable bonds is 5. The summed E-state index contributed by atoms with van der Waals surface area (Å²) in [7, 11) is 3.70.